The Morgan fingerprint density at radius 3 is 2.29 bits per heavy atom. The number of rotatable bonds is 9. The van der Waals surface area contributed by atoms with Gasteiger partial charge in [-0.2, -0.15) is 0 Å². The number of hydrogen-bond donors (Lipinski definition) is 1. The minimum absolute atomic E-state index is 0.0999. The molecule has 0 saturated carbocycles. The highest BCUT2D eigenvalue weighted by Crippen LogP contribution is 2.30. The first-order valence-corrected chi connectivity index (χ1v) is 12.1. The predicted octanol–water partition coefficient (Wildman–Crippen LogP) is 5.45. The maximum Gasteiger partial charge on any atom is 0.257 e. The molecule has 0 aliphatic heterocycles. The van der Waals surface area contributed by atoms with E-state index in [1.165, 1.54) is 23.1 Å². The number of carbonyl (C=O) groups excluding carboxylic acids is 2. The van der Waals surface area contributed by atoms with E-state index in [1.807, 2.05) is 12.1 Å². The number of amides is 2. The van der Waals surface area contributed by atoms with Crippen molar-refractivity contribution in [2.45, 2.75) is 6.92 Å². The molecule has 0 saturated heterocycles. The monoisotopic (exact) mass is 536 g/mol. The summed E-state index contributed by atoms with van der Waals surface area (Å²) in [7, 11) is 3.08. The van der Waals surface area contributed by atoms with Gasteiger partial charge in [0.25, 0.3) is 5.91 Å². The Morgan fingerprint density at radius 2 is 1.68 bits per heavy atom. The molecule has 0 fully saturated rings. The summed E-state index contributed by atoms with van der Waals surface area (Å²) >= 11 is 6.04. The average Bonchev–Trinajstić information content (AvgIpc) is 3.35. The first-order valence-electron chi connectivity index (χ1n) is 11.7. The zero-order valence-corrected chi connectivity index (χ0v) is 21.8. The molecule has 1 heterocycles. The van der Waals surface area contributed by atoms with E-state index in [1.54, 1.807) is 68.3 Å². The van der Waals surface area contributed by atoms with Crippen molar-refractivity contribution in [2.75, 3.05) is 32.6 Å². The standard InChI is InChI=1S/C28H26ClFN4O4/c1-4-33(27(36)23-7-5-6-8-24(23)30)17-26(35)32-28-31-25(18-9-11-19(29)12-10-18)16-34(28)20-13-21(37-2)15-22(14-20)38-3/h5-16H,4,17H2,1-3H3,(H,31,32,35). The van der Waals surface area contributed by atoms with E-state index >= 15 is 0 Å². The maximum absolute atomic E-state index is 14.2. The second-order valence-electron chi connectivity index (χ2n) is 8.24. The van der Waals surface area contributed by atoms with Crippen LogP contribution in [0.5, 0.6) is 11.5 Å². The number of likely N-dealkylation sites (N-methyl/N-ethyl adjacent to an activating group) is 1. The molecule has 4 rings (SSSR count). The fourth-order valence-corrected chi connectivity index (χ4v) is 3.95. The second-order valence-corrected chi connectivity index (χ2v) is 8.68. The lowest BCUT2D eigenvalue weighted by molar-refractivity contribution is -0.116. The Labute approximate surface area is 224 Å². The van der Waals surface area contributed by atoms with Gasteiger partial charge in [0, 0.05) is 41.5 Å². The van der Waals surface area contributed by atoms with E-state index < -0.39 is 17.6 Å². The fourth-order valence-electron chi connectivity index (χ4n) is 3.83. The third-order valence-corrected chi connectivity index (χ3v) is 6.07. The molecule has 0 radical (unpaired) electrons. The summed E-state index contributed by atoms with van der Waals surface area (Å²) < 4.78 is 26.7. The summed E-state index contributed by atoms with van der Waals surface area (Å²) in [4.78, 5) is 31.9. The van der Waals surface area contributed by atoms with Gasteiger partial charge in [-0.25, -0.2) is 9.37 Å². The Kier molecular flexibility index (Phi) is 8.28. The molecule has 3 aromatic carbocycles. The Balaban J connectivity index is 1.67. The van der Waals surface area contributed by atoms with Gasteiger partial charge in [-0.05, 0) is 31.2 Å². The van der Waals surface area contributed by atoms with Gasteiger partial charge in [-0.15, -0.1) is 0 Å². The number of benzene rings is 3. The lowest BCUT2D eigenvalue weighted by atomic mass is 10.2. The van der Waals surface area contributed by atoms with Crippen molar-refractivity contribution in [2.24, 2.45) is 0 Å². The number of carbonyl (C=O) groups is 2. The van der Waals surface area contributed by atoms with Crippen molar-refractivity contribution >= 4 is 29.4 Å². The third-order valence-electron chi connectivity index (χ3n) is 5.82. The van der Waals surface area contributed by atoms with E-state index in [4.69, 9.17) is 21.1 Å². The molecular weight excluding hydrogens is 511 g/mol. The van der Waals surface area contributed by atoms with Crippen molar-refractivity contribution in [3.8, 4) is 28.4 Å². The second kappa shape index (κ2) is 11.8. The molecule has 196 valence electrons. The van der Waals surface area contributed by atoms with Crippen LogP contribution in [-0.4, -0.2) is 53.6 Å². The highest BCUT2D eigenvalue weighted by molar-refractivity contribution is 6.30. The molecule has 0 unspecified atom stereocenters. The first-order chi connectivity index (χ1) is 18.3. The van der Waals surface area contributed by atoms with Crippen LogP contribution in [-0.2, 0) is 4.79 Å². The molecule has 8 nitrogen and oxygen atoms in total. The zero-order valence-electron chi connectivity index (χ0n) is 21.1. The Bertz CT molecular complexity index is 1430. The van der Waals surface area contributed by atoms with E-state index in [0.29, 0.717) is 27.9 Å². The molecule has 4 aromatic rings. The van der Waals surface area contributed by atoms with Crippen LogP contribution in [0.25, 0.3) is 16.9 Å². The number of aromatic nitrogens is 2. The van der Waals surface area contributed by atoms with Crippen LogP contribution < -0.4 is 14.8 Å². The van der Waals surface area contributed by atoms with Crippen LogP contribution in [0.15, 0.2) is 72.9 Å². The van der Waals surface area contributed by atoms with Gasteiger partial charge >= 0.3 is 0 Å². The smallest absolute Gasteiger partial charge is 0.257 e. The first kappa shape index (κ1) is 26.7. The van der Waals surface area contributed by atoms with Gasteiger partial charge < -0.3 is 14.4 Å². The number of ether oxygens (including phenoxy) is 2. The quantitative estimate of drug-likeness (QED) is 0.307. The van der Waals surface area contributed by atoms with Crippen LogP contribution >= 0.6 is 11.6 Å². The summed E-state index contributed by atoms with van der Waals surface area (Å²) in [6, 6.07) is 18.1. The third kappa shape index (κ3) is 5.95. The summed E-state index contributed by atoms with van der Waals surface area (Å²) in [6.45, 7) is 1.63. The van der Waals surface area contributed by atoms with E-state index in [0.717, 1.165) is 5.56 Å². The molecule has 10 heteroatoms. The van der Waals surface area contributed by atoms with E-state index in [-0.39, 0.29) is 24.6 Å². The Morgan fingerprint density at radius 1 is 1.03 bits per heavy atom. The lowest BCUT2D eigenvalue weighted by Crippen LogP contribution is -2.38. The van der Waals surface area contributed by atoms with Crippen LogP contribution in [0.2, 0.25) is 5.02 Å². The van der Waals surface area contributed by atoms with Crippen molar-refractivity contribution in [1.29, 1.82) is 0 Å². The number of imidazole rings is 1. The molecule has 1 aromatic heterocycles. The topological polar surface area (TPSA) is 85.7 Å². The van der Waals surface area contributed by atoms with Gasteiger partial charge in [0.2, 0.25) is 11.9 Å². The van der Waals surface area contributed by atoms with Gasteiger partial charge in [0.15, 0.2) is 0 Å². The molecule has 0 spiro atoms. The number of anilines is 1. The number of nitrogens with one attached hydrogen (secondary N) is 1. The van der Waals surface area contributed by atoms with Crippen molar-refractivity contribution in [1.82, 2.24) is 14.5 Å². The maximum atomic E-state index is 14.2. The SMILES string of the molecule is CCN(CC(=O)Nc1nc(-c2ccc(Cl)cc2)cn1-c1cc(OC)cc(OC)c1)C(=O)c1ccccc1F. The molecule has 1 N–H and O–H groups in total. The molecular formula is C28H26ClFN4O4. The van der Waals surface area contributed by atoms with Crippen LogP contribution in [0.4, 0.5) is 10.3 Å². The van der Waals surface area contributed by atoms with E-state index in [2.05, 4.69) is 10.3 Å². The van der Waals surface area contributed by atoms with Crippen molar-refractivity contribution in [3.63, 3.8) is 0 Å². The molecule has 0 aliphatic carbocycles. The van der Waals surface area contributed by atoms with Crippen LogP contribution in [0.3, 0.4) is 0 Å². The van der Waals surface area contributed by atoms with E-state index in [9.17, 15) is 14.0 Å². The number of halogens is 2. The normalized spacial score (nSPS) is 10.7. The summed E-state index contributed by atoms with van der Waals surface area (Å²) in [6.07, 6.45) is 1.76. The van der Waals surface area contributed by atoms with Gasteiger partial charge in [0.05, 0.1) is 31.2 Å². The average molecular weight is 537 g/mol. The van der Waals surface area contributed by atoms with Crippen molar-refractivity contribution in [3.05, 3.63) is 89.3 Å². The highest BCUT2D eigenvalue weighted by Gasteiger charge is 2.22. The minimum Gasteiger partial charge on any atom is -0.497 e. The van der Waals surface area contributed by atoms with Gasteiger partial charge in [-0.1, -0.05) is 35.9 Å². The van der Waals surface area contributed by atoms with Crippen molar-refractivity contribution < 1.29 is 23.5 Å². The number of nitrogens with zero attached hydrogens (tertiary/aromatic N) is 3. The van der Waals surface area contributed by atoms with Gasteiger partial charge in [-0.3, -0.25) is 19.5 Å². The summed E-state index contributed by atoms with van der Waals surface area (Å²) in [5.41, 5.74) is 1.88. The number of hydrogen-bond acceptors (Lipinski definition) is 5. The minimum atomic E-state index is -0.647. The predicted molar refractivity (Wildman–Crippen MR) is 144 cm³/mol. The van der Waals surface area contributed by atoms with Gasteiger partial charge in [0.1, 0.15) is 23.9 Å². The lowest BCUT2D eigenvalue weighted by Gasteiger charge is -2.20. The molecule has 2 amide bonds. The largest absolute Gasteiger partial charge is 0.497 e. The summed E-state index contributed by atoms with van der Waals surface area (Å²) in [5, 5.41) is 3.37. The number of methoxy groups -OCH3 is 2. The fraction of sp³-hybridized carbons (Fsp3) is 0.179. The molecule has 38 heavy (non-hydrogen) atoms. The zero-order chi connectivity index (χ0) is 27.2. The van der Waals surface area contributed by atoms with Crippen LogP contribution in [0.1, 0.15) is 17.3 Å². The summed E-state index contributed by atoms with van der Waals surface area (Å²) in [5.74, 6) is -0.419. The molecule has 0 atom stereocenters. The Hall–Kier alpha value is -4.37. The highest BCUT2D eigenvalue weighted by atomic mass is 35.5. The van der Waals surface area contributed by atoms with Crippen LogP contribution in [0, 0.1) is 5.82 Å². The molecule has 0 aliphatic rings. The molecule has 0 bridgehead atoms.